The van der Waals surface area contributed by atoms with Crippen LogP contribution in [0.2, 0.25) is 0 Å². The maximum absolute atomic E-state index is 13.2. The smallest absolute Gasteiger partial charge is 0.264 e. The molecule has 4 nitrogen and oxygen atoms in total. The van der Waals surface area contributed by atoms with Crippen molar-refractivity contribution < 1.29 is 8.42 Å². The van der Waals surface area contributed by atoms with Gasteiger partial charge in [0.25, 0.3) is 10.0 Å². The summed E-state index contributed by atoms with van der Waals surface area (Å²) in [5, 5.41) is 3.46. The maximum Gasteiger partial charge on any atom is 0.264 e. The van der Waals surface area contributed by atoms with Crippen LogP contribution in [0.5, 0.6) is 0 Å². The second-order valence-corrected chi connectivity index (χ2v) is 10.8. The number of piperidine rings is 1. The fourth-order valence-corrected chi connectivity index (χ4v) is 6.81. The van der Waals surface area contributed by atoms with Gasteiger partial charge in [0.2, 0.25) is 0 Å². The first-order valence-electron chi connectivity index (χ1n) is 11.0. The molecular weight excluding hydrogens is 380 g/mol. The predicted octanol–water partition coefficient (Wildman–Crippen LogP) is 4.32. The van der Waals surface area contributed by atoms with Crippen LogP contribution in [0.3, 0.4) is 0 Å². The second kappa shape index (κ2) is 7.77. The summed E-state index contributed by atoms with van der Waals surface area (Å²) in [5.41, 5.74) is 3.49. The van der Waals surface area contributed by atoms with E-state index in [9.17, 15) is 8.42 Å². The highest BCUT2D eigenvalue weighted by molar-refractivity contribution is 7.92. The van der Waals surface area contributed by atoms with E-state index in [0.29, 0.717) is 17.4 Å². The van der Waals surface area contributed by atoms with E-state index in [-0.39, 0.29) is 0 Å². The number of benzene rings is 2. The monoisotopic (exact) mass is 410 g/mol. The number of sulfonamides is 1. The van der Waals surface area contributed by atoms with E-state index in [1.165, 1.54) is 49.9 Å². The molecule has 2 heterocycles. The SMILES string of the molecule is O=S(=O)(c1ccccc1)N1CCCc2cc(C3CC3CC3CCNCC3)ccc21. The Morgan fingerprint density at radius 1 is 1.03 bits per heavy atom. The Kier molecular flexibility index (Phi) is 5.12. The molecule has 0 bridgehead atoms. The third-order valence-electron chi connectivity index (χ3n) is 6.96. The molecule has 0 radical (unpaired) electrons. The second-order valence-electron chi connectivity index (χ2n) is 8.91. The van der Waals surface area contributed by atoms with Gasteiger partial charge in [0.15, 0.2) is 0 Å². The van der Waals surface area contributed by atoms with Gasteiger partial charge >= 0.3 is 0 Å². The van der Waals surface area contributed by atoms with Crippen molar-refractivity contribution in [1.82, 2.24) is 5.32 Å². The minimum atomic E-state index is -3.50. The van der Waals surface area contributed by atoms with E-state index in [0.717, 1.165) is 30.4 Å². The molecule has 154 valence electrons. The lowest BCUT2D eigenvalue weighted by molar-refractivity contribution is 0.338. The average molecular weight is 411 g/mol. The van der Waals surface area contributed by atoms with Crippen LogP contribution in [0.25, 0.3) is 0 Å². The molecule has 0 spiro atoms. The predicted molar refractivity (Wildman–Crippen MR) is 117 cm³/mol. The zero-order chi connectivity index (χ0) is 19.8. The fourth-order valence-electron chi connectivity index (χ4n) is 5.24. The van der Waals surface area contributed by atoms with Gasteiger partial charge in [-0.2, -0.15) is 0 Å². The van der Waals surface area contributed by atoms with Gasteiger partial charge in [-0.3, -0.25) is 4.31 Å². The Morgan fingerprint density at radius 2 is 1.83 bits per heavy atom. The summed E-state index contributed by atoms with van der Waals surface area (Å²) in [6.45, 7) is 2.91. The molecule has 2 aromatic carbocycles. The number of aryl methyl sites for hydroxylation is 1. The van der Waals surface area contributed by atoms with Crippen LogP contribution < -0.4 is 9.62 Å². The highest BCUT2D eigenvalue weighted by Crippen LogP contribution is 2.52. The molecule has 5 heteroatoms. The Morgan fingerprint density at radius 3 is 2.62 bits per heavy atom. The number of fused-ring (bicyclic) bond motifs is 1. The van der Waals surface area contributed by atoms with E-state index in [1.807, 2.05) is 6.07 Å². The van der Waals surface area contributed by atoms with Crippen molar-refractivity contribution in [3.63, 3.8) is 0 Å². The molecule has 2 aromatic rings. The minimum absolute atomic E-state index is 0.376. The Balaban J connectivity index is 1.34. The lowest BCUT2D eigenvalue weighted by Gasteiger charge is -2.31. The van der Waals surface area contributed by atoms with Crippen molar-refractivity contribution in [2.24, 2.45) is 11.8 Å². The Hall–Kier alpha value is -1.85. The normalized spacial score (nSPS) is 24.9. The first kappa shape index (κ1) is 19.1. The zero-order valence-corrected chi connectivity index (χ0v) is 17.7. The summed E-state index contributed by atoms with van der Waals surface area (Å²) in [6, 6.07) is 15.4. The minimum Gasteiger partial charge on any atom is -0.317 e. The van der Waals surface area contributed by atoms with Crippen LogP contribution in [0.4, 0.5) is 5.69 Å². The van der Waals surface area contributed by atoms with Crippen molar-refractivity contribution in [1.29, 1.82) is 0 Å². The number of hydrogen-bond acceptors (Lipinski definition) is 3. The van der Waals surface area contributed by atoms with Crippen molar-refractivity contribution in [3.8, 4) is 0 Å². The molecule has 29 heavy (non-hydrogen) atoms. The van der Waals surface area contributed by atoms with Gasteiger partial charge in [-0.05, 0) is 98.7 Å². The molecule has 2 aliphatic heterocycles. The standard InChI is InChI=1S/C24H30N2O2S/c27-29(28,22-6-2-1-3-7-22)26-14-4-5-20-16-19(8-9-24(20)26)23-17-21(23)15-18-10-12-25-13-11-18/h1-3,6-9,16,18,21,23,25H,4-5,10-15,17H2. The van der Waals surface area contributed by atoms with Gasteiger partial charge in [-0.15, -0.1) is 0 Å². The molecule has 2 fully saturated rings. The maximum atomic E-state index is 13.2. The van der Waals surface area contributed by atoms with Crippen LogP contribution in [0.15, 0.2) is 53.4 Å². The summed E-state index contributed by atoms with van der Waals surface area (Å²) >= 11 is 0. The number of nitrogens with one attached hydrogen (secondary N) is 1. The zero-order valence-electron chi connectivity index (χ0n) is 16.9. The summed E-state index contributed by atoms with van der Waals surface area (Å²) in [6.07, 6.45) is 7.15. The summed E-state index contributed by atoms with van der Waals surface area (Å²) < 4.78 is 28.0. The molecule has 1 saturated carbocycles. The topological polar surface area (TPSA) is 49.4 Å². The Bertz CT molecular complexity index is 968. The molecule has 2 unspecified atom stereocenters. The van der Waals surface area contributed by atoms with Gasteiger partial charge < -0.3 is 5.32 Å². The van der Waals surface area contributed by atoms with E-state index < -0.39 is 10.0 Å². The molecule has 1 N–H and O–H groups in total. The van der Waals surface area contributed by atoms with Gasteiger partial charge in [0, 0.05) is 6.54 Å². The summed E-state index contributed by atoms with van der Waals surface area (Å²) in [5.74, 6) is 2.38. The molecule has 1 saturated heterocycles. The third kappa shape index (κ3) is 3.82. The van der Waals surface area contributed by atoms with E-state index in [2.05, 4.69) is 23.5 Å². The number of nitrogens with zero attached hydrogens (tertiary/aromatic N) is 1. The molecular formula is C24H30N2O2S. The van der Waals surface area contributed by atoms with Crippen molar-refractivity contribution >= 4 is 15.7 Å². The molecule has 5 rings (SSSR count). The van der Waals surface area contributed by atoms with Gasteiger partial charge in [0.05, 0.1) is 10.6 Å². The average Bonchev–Trinajstić information content (AvgIpc) is 3.53. The van der Waals surface area contributed by atoms with E-state index in [4.69, 9.17) is 0 Å². The quantitative estimate of drug-likeness (QED) is 0.799. The number of hydrogen-bond donors (Lipinski definition) is 1. The van der Waals surface area contributed by atoms with E-state index in [1.54, 1.807) is 28.6 Å². The number of rotatable bonds is 5. The van der Waals surface area contributed by atoms with Crippen LogP contribution in [-0.4, -0.2) is 28.1 Å². The van der Waals surface area contributed by atoms with Crippen LogP contribution >= 0.6 is 0 Å². The number of anilines is 1. The first-order chi connectivity index (χ1) is 14.1. The van der Waals surface area contributed by atoms with Gasteiger partial charge in [-0.25, -0.2) is 8.42 Å². The lowest BCUT2D eigenvalue weighted by atomic mass is 9.91. The Labute approximate surface area is 174 Å². The van der Waals surface area contributed by atoms with Crippen molar-refractivity contribution in [2.45, 2.75) is 49.3 Å². The summed E-state index contributed by atoms with van der Waals surface area (Å²) in [4.78, 5) is 0.376. The van der Waals surface area contributed by atoms with Crippen molar-refractivity contribution in [2.75, 3.05) is 23.9 Å². The molecule has 0 amide bonds. The lowest BCUT2D eigenvalue weighted by Crippen LogP contribution is -2.35. The molecule has 3 aliphatic rings. The molecule has 1 aliphatic carbocycles. The van der Waals surface area contributed by atoms with Crippen LogP contribution in [-0.2, 0) is 16.4 Å². The largest absolute Gasteiger partial charge is 0.317 e. The summed E-state index contributed by atoms with van der Waals surface area (Å²) in [7, 11) is -3.50. The molecule has 2 atom stereocenters. The van der Waals surface area contributed by atoms with Gasteiger partial charge in [0.1, 0.15) is 0 Å². The first-order valence-corrected chi connectivity index (χ1v) is 12.5. The highest BCUT2D eigenvalue weighted by Gasteiger charge is 2.40. The fraction of sp³-hybridized carbons (Fsp3) is 0.500. The van der Waals surface area contributed by atoms with Crippen molar-refractivity contribution in [3.05, 3.63) is 59.7 Å². The van der Waals surface area contributed by atoms with Crippen LogP contribution in [0, 0.1) is 11.8 Å². The third-order valence-corrected chi connectivity index (χ3v) is 8.78. The molecule has 0 aromatic heterocycles. The highest BCUT2D eigenvalue weighted by atomic mass is 32.2. The van der Waals surface area contributed by atoms with Crippen LogP contribution in [0.1, 0.15) is 49.1 Å². The van der Waals surface area contributed by atoms with E-state index >= 15 is 0 Å². The van der Waals surface area contributed by atoms with Gasteiger partial charge in [-0.1, -0.05) is 30.3 Å².